The maximum atomic E-state index is 11.2. The van der Waals surface area contributed by atoms with Gasteiger partial charge in [-0.1, -0.05) is 0 Å². The van der Waals surface area contributed by atoms with Crippen LogP contribution in [0.3, 0.4) is 0 Å². The molecule has 1 aromatic rings. The monoisotopic (exact) mass is 288 g/mol. The average Bonchev–Trinajstić information content (AvgIpc) is 2.29. The minimum Gasteiger partial charge on any atom is -0.496 e. The van der Waals surface area contributed by atoms with Crippen molar-refractivity contribution in [3.63, 3.8) is 0 Å². The topological polar surface area (TPSA) is 55.8 Å². The van der Waals surface area contributed by atoms with Gasteiger partial charge in [-0.2, -0.15) is 0 Å². The Kier molecular flexibility index (Phi) is 4.32. The fourth-order valence-corrected chi connectivity index (χ4v) is 1.88. The molecular formula is C11H13BrO4. The zero-order valence-corrected chi connectivity index (χ0v) is 10.9. The summed E-state index contributed by atoms with van der Waals surface area (Å²) >= 11 is 3.29. The molecule has 1 aromatic carbocycles. The van der Waals surface area contributed by atoms with Crippen LogP contribution < -0.4 is 4.74 Å². The van der Waals surface area contributed by atoms with E-state index in [1.54, 1.807) is 26.2 Å². The molecule has 0 heterocycles. The van der Waals surface area contributed by atoms with Gasteiger partial charge in [0.2, 0.25) is 0 Å². The molecule has 4 nitrogen and oxygen atoms in total. The molecular weight excluding hydrogens is 276 g/mol. The van der Waals surface area contributed by atoms with Crippen LogP contribution in [-0.2, 0) is 9.53 Å². The van der Waals surface area contributed by atoms with Crippen LogP contribution in [0.4, 0.5) is 0 Å². The van der Waals surface area contributed by atoms with Crippen molar-refractivity contribution in [2.24, 2.45) is 0 Å². The number of esters is 1. The highest BCUT2D eigenvalue weighted by atomic mass is 79.9. The van der Waals surface area contributed by atoms with Crippen molar-refractivity contribution in [2.45, 2.75) is 13.0 Å². The summed E-state index contributed by atoms with van der Waals surface area (Å²) in [4.78, 5) is 11.2. The molecule has 0 saturated heterocycles. The molecule has 0 fully saturated rings. The summed E-state index contributed by atoms with van der Waals surface area (Å²) in [7, 11) is 2.79. The average molecular weight is 289 g/mol. The summed E-state index contributed by atoms with van der Waals surface area (Å²) in [5.41, 5.74) is 1.26. The number of hydrogen-bond acceptors (Lipinski definition) is 4. The summed E-state index contributed by atoms with van der Waals surface area (Å²) in [5, 5.41) is 9.72. The molecule has 5 heteroatoms. The zero-order valence-electron chi connectivity index (χ0n) is 9.28. The summed E-state index contributed by atoms with van der Waals surface area (Å²) in [6.45, 7) is 1.79. The van der Waals surface area contributed by atoms with Crippen LogP contribution in [0.2, 0.25) is 0 Å². The Bertz CT molecular complexity index is 403. The van der Waals surface area contributed by atoms with Gasteiger partial charge in [-0.05, 0) is 46.1 Å². The van der Waals surface area contributed by atoms with E-state index in [0.717, 1.165) is 5.56 Å². The van der Waals surface area contributed by atoms with E-state index in [0.29, 0.717) is 15.8 Å². The second kappa shape index (κ2) is 5.32. The third-order valence-electron chi connectivity index (χ3n) is 2.26. The van der Waals surface area contributed by atoms with Crippen molar-refractivity contribution in [2.75, 3.05) is 14.2 Å². The van der Waals surface area contributed by atoms with Gasteiger partial charge in [-0.25, -0.2) is 4.79 Å². The number of benzene rings is 1. The Balaban J connectivity index is 3.15. The first-order valence-corrected chi connectivity index (χ1v) is 5.40. The third kappa shape index (κ3) is 2.54. The van der Waals surface area contributed by atoms with Gasteiger partial charge >= 0.3 is 5.97 Å². The number of hydrogen-bond donors (Lipinski definition) is 1. The number of carbonyl (C=O) groups excluding carboxylic acids is 1. The molecule has 0 spiro atoms. The van der Waals surface area contributed by atoms with Gasteiger partial charge in [-0.3, -0.25) is 0 Å². The lowest BCUT2D eigenvalue weighted by molar-refractivity contribution is -0.150. The number of ether oxygens (including phenoxy) is 2. The van der Waals surface area contributed by atoms with Gasteiger partial charge in [-0.15, -0.1) is 0 Å². The second-order valence-corrected chi connectivity index (χ2v) is 4.12. The molecule has 0 bridgehead atoms. The number of aryl methyl sites for hydroxylation is 1. The summed E-state index contributed by atoms with van der Waals surface area (Å²) in [6, 6.07) is 3.39. The van der Waals surface area contributed by atoms with E-state index in [1.165, 1.54) is 7.11 Å². The summed E-state index contributed by atoms with van der Waals surface area (Å²) in [6.07, 6.45) is -1.27. The molecule has 88 valence electrons. The molecule has 1 N–H and O–H groups in total. The summed E-state index contributed by atoms with van der Waals surface area (Å²) < 4.78 is 10.3. The fourth-order valence-electron chi connectivity index (χ4n) is 1.36. The van der Waals surface area contributed by atoms with Gasteiger partial charge < -0.3 is 14.6 Å². The molecule has 0 aliphatic carbocycles. The molecule has 0 aliphatic heterocycles. The molecule has 1 unspecified atom stereocenters. The van der Waals surface area contributed by atoms with Crippen molar-refractivity contribution >= 4 is 21.9 Å². The fraction of sp³-hybridized carbons (Fsp3) is 0.364. The lowest BCUT2D eigenvalue weighted by Gasteiger charge is -2.14. The van der Waals surface area contributed by atoms with Crippen LogP contribution in [0.1, 0.15) is 17.2 Å². The quantitative estimate of drug-likeness (QED) is 0.864. The number of carbonyl (C=O) groups is 1. The molecule has 0 radical (unpaired) electrons. The highest BCUT2D eigenvalue weighted by molar-refractivity contribution is 9.10. The third-order valence-corrected chi connectivity index (χ3v) is 2.88. The zero-order chi connectivity index (χ0) is 12.3. The van der Waals surface area contributed by atoms with Crippen molar-refractivity contribution in [3.8, 4) is 5.75 Å². The van der Waals surface area contributed by atoms with Crippen LogP contribution in [0.15, 0.2) is 16.6 Å². The van der Waals surface area contributed by atoms with Gasteiger partial charge in [0.1, 0.15) is 5.75 Å². The van der Waals surface area contributed by atoms with Crippen LogP contribution in [0, 0.1) is 6.92 Å². The lowest BCUT2D eigenvalue weighted by Crippen LogP contribution is -2.14. The predicted molar refractivity (Wildman–Crippen MR) is 62.4 cm³/mol. The summed E-state index contributed by atoms with van der Waals surface area (Å²) in [5.74, 6) is -0.0292. The standard InChI is InChI=1S/C11H13BrO4/c1-6-4-9(15-2)8(12)5-7(6)10(13)11(14)16-3/h4-5,10,13H,1-3H3. The molecule has 0 saturated carbocycles. The van der Waals surface area contributed by atoms with E-state index in [2.05, 4.69) is 20.7 Å². The van der Waals surface area contributed by atoms with E-state index >= 15 is 0 Å². The van der Waals surface area contributed by atoms with E-state index in [9.17, 15) is 9.90 Å². The number of methoxy groups -OCH3 is 2. The van der Waals surface area contributed by atoms with Crippen molar-refractivity contribution in [1.29, 1.82) is 0 Å². The SMILES string of the molecule is COC(=O)C(O)c1cc(Br)c(OC)cc1C. The number of aliphatic hydroxyl groups is 1. The van der Waals surface area contributed by atoms with Gasteiger partial charge in [0.05, 0.1) is 18.7 Å². The van der Waals surface area contributed by atoms with E-state index in [4.69, 9.17) is 4.74 Å². The Labute approximate surface area is 102 Å². The van der Waals surface area contributed by atoms with Crippen molar-refractivity contribution in [3.05, 3.63) is 27.7 Å². The lowest BCUT2D eigenvalue weighted by atomic mass is 10.0. The highest BCUT2D eigenvalue weighted by Crippen LogP contribution is 2.31. The minimum absolute atomic E-state index is 0.500. The van der Waals surface area contributed by atoms with Crippen molar-refractivity contribution < 1.29 is 19.4 Å². The largest absolute Gasteiger partial charge is 0.496 e. The van der Waals surface area contributed by atoms with E-state index in [1.807, 2.05) is 0 Å². The minimum atomic E-state index is -1.27. The van der Waals surface area contributed by atoms with Gasteiger partial charge in [0, 0.05) is 0 Å². The van der Waals surface area contributed by atoms with Crippen LogP contribution in [0.25, 0.3) is 0 Å². The smallest absolute Gasteiger partial charge is 0.339 e. The van der Waals surface area contributed by atoms with Gasteiger partial charge in [0.25, 0.3) is 0 Å². The molecule has 1 atom stereocenters. The normalized spacial score (nSPS) is 12.1. The van der Waals surface area contributed by atoms with Crippen LogP contribution in [-0.4, -0.2) is 25.3 Å². The van der Waals surface area contributed by atoms with E-state index < -0.39 is 12.1 Å². The predicted octanol–water partition coefficient (Wildman–Crippen LogP) is 1.97. The first-order valence-electron chi connectivity index (χ1n) is 4.61. The van der Waals surface area contributed by atoms with Gasteiger partial charge in [0.15, 0.2) is 6.10 Å². The Hall–Kier alpha value is -1.07. The molecule has 0 aliphatic rings. The molecule has 1 rings (SSSR count). The number of aliphatic hydroxyl groups excluding tert-OH is 1. The number of halogens is 1. The Morgan fingerprint density at radius 3 is 2.56 bits per heavy atom. The van der Waals surface area contributed by atoms with Crippen LogP contribution in [0.5, 0.6) is 5.75 Å². The maximum absolute atomic E-state index is 11.2. The molecule has 0 aromatic heterocycles. The van der Waals surface area contributed by atoms with Crippen molar-refractivity contribution in [1.82, 2.24) is 0 Å². The highest BCUT2D eigenvalue weighted by Gasteiger charge is 2.21. The molecule has 16 heavy (non-hydrogen) atoms. The number of rotatable bonds is 3. The van der Waals surface area contributed by atoms with E-state index in [-0.39, 0.29) is 0 Å². The Morgan fingerprint density at radius 1 is 1.44 bits per heavy atom. The Morgan fingerprint density at radius 2 is 2.06 bits per heavy atom. The maximum Gasteiger partial charge on any atom is 0.339 e. The second-order valence-electron chi connectivity index (χ2n) is 3.27. The first-order chi connectivity index (χ1) is 7.51. The first kappa shape index (κ1) is 13.0. The van der Waals surface area contributed by atoms with Crippen LogP contribution >= 0.6 is 15.9 Å². The molecule has 0 amide bonds.